The zero-order chi connectivity index (χ0) is 48.9. The second-order valence-corrected chi connectivity index (χ2v) is 22.5. The average molecular weight is 989 g/mol. The minimum absolute atomic E-state index is 0.0912. The molecule has 1 spiro atoms. The summed E-state index contributed by atoms with van der Waals surface area (Å²) in [5, 5.41) is 16.3. The molecule has 1 amide bonds. The molecule has 5 fully saturated rings. The van der Waals surface area contributed by atoms with Crippen LogP contribution in [0.15, 0.2) is 83.9 Å². The number of benzene rings is 3. The van der Waals surface area contributed by atoms with Crippen LogP contribution in [0.25, 0.3) is 11.0 Å². The first-order chi connectivity index (χ1) is 34.4. The maximum Gasteiger partial charge on any atom is 0.293 e. The first kappa shape index (κ1) is 47.4. The Kier molecular flexibility index (Phi) is 13.1. The molecule has 5 aromatic rings. The first-order valence-corrected chi connectivity index (χ1v) is 27.0. The fourth-order valence-electron chi connectivity index (χ4n) is 12.1. The summed E-state index contributed by atoms with van der Waals surface area (Å²) in [6.07, 6.45) is 10.8. The maximum atomic E-state index is 14.7. The highest BCUT2D eigenvalue weighted by molar-refractivity contribution is 7.90. The molecule has 71 heavy (non-hydrogen) atoms. The highest BCUT2D eigenvalue weighted by Gasteiger charge is 2.50. The van der Waals surface area contributed by atoms with E-state index in [2.05, 4.69) is 62.9 Å². The molecule has 0 radical (unpaired) electrons. The summed E-state index contributed by atoms with van der Waals surface area (Å²) in [4.78, 5) is 41.2. The van der Waals surface area contributed by atoms with E-state index in [1.807, 2.05) is 35.4 Å². The molecule has 6 aliphatic rings. The van der Waals surface area contributed by atoms with Gasteiger partial charge in [-0.25, -0.2) is 13.1 Å². The normalized spacial score (nSPS) is 22.9. The van der Waals surface area contributed by atoms with Crippen LogP contribution >= 0.6 is 0 Å². The molecule has 7 heterocycles. The Labute approximate surface area is 414 Å². The lowest BCUT2D eigenvalue weighted by molar-refractivity contribution is -0.384. The van der Waals surface area contributed by atoms with Gasteiger partial charge in [-0.2, -0.15) is 4.98 Å². The van der Waals surface area contributed by atoms with E-state index in [1.54, 1.807) is 6.07 Å². The Morgan fingerprint density at radius 3 is 2.56 bits per heavy atom. The number of piperidine rings is 1. The van der Waals surface area contributed by atoms with Crippen molar-refractivity contribution in [2.24, 2.45) is 17.3 Å². The van der Waals surface area contributed by atoms with Gasteiger partial charge >= 0.3 is 0 Å². The number of amides is 1. The van der Waals surface area contributed by atoms with Crippen molar-refractivity contribution in [3.05, 3.63) is 100 Å². The number of sulfonamides is 1. The van der Waals surface area contributed by atoms with E-state index in [-0.39, 0.29) is 40.7 Å². The number of rotatable bonds is 13. The van der Waals surface area contributed by atoms with Gasteiger partial charge in [0.05, 0.1) is 40.4 Å². The summed E-state index contributed by atoms with van der Waals surface area (Å²) in [6.45, 7) is 10.1. The minimum Gasteiger partial charge on any atom is -0.491 e. The molecule has 4 saturated heterocycles. The molecule has 2 aromatic heterocycles. The fraction of sp³-hybridized carbons (Fsp3) is 0.509. The van der Waals surface area contributed by atoms with E-state index < -0.39 is 31.4 Å². The Morgan fingerprint density at radius 1 is 0.958 bits per heavy atom. The Hall–Kier alpha value is -5.95. The van der Waals surface area contributed by atoms with E-state index in [0.717, 1.165) is 87.5 Å². The number of para-hydroxylation sites is 1. The van der Waals surface area contributed by atoms with Gasteiger partial charge in [-0.15, -0.1) is 0 Å². The molecule has 3 N–H and O–H groups in total. The van der Waals surface area contributed by atoms with Crippen LogP contribution in [0, 0.1) is 27.4 Å². The molecule has 3 aromatic carbocycles. The lowest BCUT2D eigenvalue weighted by Gasteiger charge is -2.56. The highest BCUT2D eigenvalue weighted by Crippen LogP contribution is 2.55. The number of nitro benzene ring substituents is 1. The molecular weight excluding hydrogens is 925 g/mol. The molecule has 3 atom stereocenters. The molecule has 11 rings (SSSR count). The van der Waals surface area contributed by atoms with Crippen LogP contribution in [0.2, 0.25) is 0 Å². The fourth-order valence-corrected chi connectivity index (χ4v) is 13.1. The van der Waals surface area contributed by atoms with Crippen LogP contribution in [0.4, 0.5) is 28.4 Å². The third-order valence-electron chi connectivity index (χ3n) is 15.9. The van der Waals surface area contributed by atoms with E-state index in [4.69, 9.17) is 23.9 Å². The number of fused-ring (bicyclic) bond motifs is 3. The van der Waals surface area contributed by atoms with Crippen LogP contribution in [-0.4, -0.2) is 112 Å². The van der Waals surface area contributed by atoms with Gasteiger partial charge in [0, 0.05) is 92.7 Å². The number of anilines is 4. The molecule has 5 aliphatic heterocycles. The predicted octanol–water partition coefficient (Wildman–Crippen LogP) is 8.74. The number of pyridine rings is 1. The number of likely N-dealkylation sites (tertiary alicyclic amines) is 1. The zero-order valence-electron chi connectivity index (χ0n) is 40.5. The molecular formula is C53H64N8O9S. The largest absolute Gasteiger partial charge is 0.491 e. The molecule has 1 saturated carbocycles. The Bertz CT molecular complexity index is 2890. The van der Waals surface area contributed by atoms with E-state index in [1.165, 1.54) is 24.1 Å². The topological polar surface area (TPSA) is 194 Å². The van der Waals surface area contributed by atoms with Gasteiger partial charge in [0.15, 0.2) is 0 Å². The van der Waals surface area contributed by atoms with Gasteiger partial charge in [0.1, 0.15) is 28.9 Å². The number of carbonyl (C=O) groups is 1. The smallest absolute Gasteiger partial charge is 0.293 e. The van der Waals surface area contributed by atoms with Crippen LogP contribution in [-0.2, 0) is 19.5 Å². The summed E-state index contributed by atoms with van der Waals surface area (Å²) in [5.41, 5.74) is 4.21. The quantitative estimate of drug-likeness (QED) is 0.0749. The standard InChI is InChI=1S/C53H64N8O9S/c1-34(2)69-49-8-4-3-6-41(49)44-7-5-20-59(44)39-29-53(30-39)17-21-58(22-18-53)38-9-11-42(45(27-38)60-32-37-33-68-25-16-48(37)70-52-47(60)26-36-13-19-54-50(36)56-52)51(62)57-71(65,66)40-10-12-43(46(28-40)61(63)64)55-31-35-14-23-67-24-15-35/h3-4,6,8-13,19,26-28,34-35,37,39,44,48,55H,5,7,14-18,20-25,29-33H2,1-2H3,(H,54,56)(H,57,62)/t37-,44+,48-/m1/s1. The molecule has 17 nitrogen and oxygen atoms in total. The van der Waals surface area contributed by atoms with Crippen LogP contribution in [0.1, 0.15) is 93.6 Å². The van der Waals surface area contributed by atoms with Crippen molar-refractivity contribution in [1.29, 1.82) is 0 Å². The zero-order valence-corrected chi connectivity index (χ0v) is 41.3. The van der Waals surface area contributed by atoms with Gasteiger partial charge in [-0.05, 0) is 132 Å². The average Bonchev–Trinajstić information content (AvgIpc) is 4.01. The monoisotopic (exact) mass is 988 g/mol. The number of nitrogens with one attached hydrogen (secondary N) is 3. The van der Waals surface area contributed by atoms with E-state index >= 15 is 0 Å². The predicted molar refractivity (Wildman–Crippen MR) is 270 cm³/mol. The number of ether oxygens (including phenoxy) is 4. The van der Waals surface area contributed by atoms with Gasteiger partial charge in [-0.3, -0.25) is 19.8 Å². The van der Waals surface area contributed by atoms with Crippen molar-refractivity contribution in [3.63, 3.8) is 0 Å². The Morgan fingerprint density at radius 2 is 1.76 bits per heavy atom. The molecule has 1 aliphatic carbocycles. The number of hydrogen-bond acceptors (Lipinski definition) is 14. The summed E-state index contributed by atoms with van der Waals surface area (Å²) in [5.74, 6) is 0.713. The van der Waals surface area contributed by atoms with Crippen molar-refractivity contribution >= 4 is 55.4 Å². The number of carbonyl (C=O) groups excluding carboxylic acids is 1. The number of aromatic amines is 1. The lowest BCUT2D eigenvalue weighted by Crippen LogP contribution is -2.54. The summed E-state index contributed by atoms with van der Waals surface area (Å²) >= 11 is 0. The summed E-state index contributed by atoms with van der Waals surface area (Å²) < 4.78 is 55.0. The number of nitrogens with zero attached hydrogens (tertiary/aromatic N) is 5. The number of nitro groups is 1. The van der Waals surface area contributed by atoms with E-state index in [9.17, 15) is 23.3 Å². The van der Waals surface area contributed by atoms with Crippen molar-refractivity contribution in [2.45, 2.75) is 101 Å². The van der Waals surface area contributed by atoms with Crippen molar-refractivity contribution in [1.82, 2.24) is 19.6 Å². The second kappa shape index (κ2) is 19.6. The van der Waals surface area contributed by atoms with Crippen molar-refractivity contribution < 1.29 is 37.1 Å². The summed E-state index contributed by atoms with van der Waals surface area (Å²) in [7, 11) is -4.60. The molecule has 376 valence electrons. The first-order valence-electron chi connectivity index (χ1n) is 25.5. The minimum atomic E-state index is -4.60. The molecule has 18 heteroatoms. The molecule has 0 bridgehead atoms. The van der Waals surface area contributed by atoms with Crippen molar-refractivity contribution in [3.8, 4) is 11.6 Å². The van der Waals surface area contributed by atoms with E-state index in [0.29, 0.717) is 80.9 Å². The molecule has 0 unspecified atom stereocenters. The van der Waals surface area contributed by atoms with Crippen LogP contribution in [0.5, 0.6) is 11.6 Å². The third kappa shape index (κ3) is 9.63. The van der Waals surface area contributed by atoms with Gasteiger partial charge in [0.2, 0.25) is 5.88 Å². The lowest BCUT2D eigenvalue weighted by atomic mass is 9.60. The number of hydrogen-bond donors (Lipinski definition) is 3. The van der Waals surface area contributed by atoms with Crippen molar-refractivity contribution in [2.75, 3.05) is 74.3 Å². The Balaban J connectivity index is 0.868. The van der Waals surface area contributed by atoms with Gasteiger partial charge < -0.3 is 39.0 Å². The highest BCUT2D eigenvalue weighted by atomic mass is 32.2. The number of aromatic nitrogens is 2. The van der Waals surface area contributed by atoms with Crippen LogP contribution in [0.3, 0.4) is 0 Å². The van der Waals surface area contributed by atoms with Gasteiger partial charge in [-0.1, -0.05) is 18.2 Å². The van der Waals surface area contributed by atoms with Gasteiger partial charge in [0.25, 0.3) is 21.6 Å². The summed E-state index contributed by atoms with van der Waals surface area (Å²) in [6, 6.07) is 22.6. The second-order valence-electron chi connectivity index (χ2n) is 20.8. The van der Waals surface area contributed by atoms with Crippen LogP contribution < -0.4 is 29.3 Å². The third-order valence-corrected chi connectivity index (χ3v) is 17.3. The maximum absolute atomic E-state index is 14.7. The SMILES string of the molecule is CC(C)Oc1ccccc1[C@@H]1CCCN1C1CC2(CCN(c3ccc(C(=O)NS(=O)(=O)c4ccc(NCC5CCOCC5)c([N+](=O)[O-])c4)c(N4C[C@@H]5COCC[C@H]5Oc5nc6[nH]ccc6cc54)c3)CC2)C1. The number of H-pyrrole nitrogens is 1.